The number of ketones is 1. The Morgan fingerprint density at radius 1 is 1.23 bits per heavy atom. The summed E-state index contributed by atoms with van der Waals surface area (Å²) in [7, 11) is 0. The van der Waals surface area contributed by atoms with E-state index >= 15 is 0 Å². The first-order chi connectivity index (χ1) is 13.9. The third kappa shape index (κ3) is 3.79. The number of rotatable bonds is 3. The van der Waals surface area contributed by atoms with Gasteiger partial charge in [0.25, 0.3) is 0 Å². The van der Waals surface area contributed by atoms with Gasteiger partial charge < -0.3 is 24.1 Å². The van der Waals surface area contributed by atoms with Crippen LogP contribution < -0.4 is 0 Å². The average molecular weight is 422 g/mol. The molecule has 0 unspecified atom stereocenters. The minimum absolute atomic E-state index is 0.000884. The van der Waals surface area contributed by atoms with E-state index in [-0.39, 0.29) is 17.1 Å². The van der Waals surface area contributed by atoms with E-state index in [1.54, 1.807) is 0 Å². The van der Waals surface area contributed by atoms with Crippen LogP contribution in [0.1, 0.15) is 34.1 Å². The first-order valence-corrected chi connectivity index (χ1v) is 9.71. The van der Waals surface area contributed by atoms with E-state index in [0.717, 1.165) is 6.92 Å². The normalized spacial score (nSPS) is 40.6. The lowest BCUT2D eigenvalue weighted by molar-refractivity contribution is -0.196. The SMILES string of the molecule is C=C(C)C(=O)O[C@H]1[C@H]2C(=C)C(=O)O[C@@H]2C[C@@H](C)[C@@H]2O[C@@H]2C(=O)[C@@](C)(O)[C@@H]1OC(C)=O. The van der Waals surface area contributed by atoms with E-state index in [1.165, 1.54) is 13.8 Å². The summed E-state index contributed by atoms with van der Waals surface area (Å²) < 4.78 is 21.8. The van der Waals surface area contributed by atoms with Crippen LogP contribution in [0.3, 0.4) is 0 Å². The van der Waals surface area contributed by atoms with Gasteiger partial charge >= 0.3 is 17.9 Å². The summed E-state index contributed by atoms with van der Waals surface area (Å²) in [5, 5.41) is 11.2. The summed E-state index contributed by atoms with van der Waals surface area (Å²) in [6.07, 6.45) is -4.87. The van der Waals surface area contributed by atoms with Gasteiger partial charge in [0.2, 0.25) is 0 Å². The molecule has 2 heterocycles. The number of carbonyl (C=O) groups excluding carboxylic acids is 4. The van der Waals surface area contributed by atoms with E-state index in [4.69, 9.17) is 18.9 Å². The Bertz CT molecular complexity index is 826. The van der Waals surface area contributed by atoms with Gasteiger partial charge in [0.15, 0.2) is 23.6 Å². The smallest absolute Gasteiger partial charge is 0.334 e. The van der Waals surface area contributed by atoms with Crippen LogP contribution in [0.5, 0.6) is 0 Å². The van der Waals surface area contributed by atoms with Crippen molar-refractivity contribution in [1.29, 1.82) is 0 Å². The minimum Gasteiger partial charge on any atom is -0.458 e. The van der Waals surface area contributed by atoms with Gasteiger partial charge in [0, 0.05) is 18.1 Å². The highest BCUT2D eigenvalue weighted by Gasteiger charge is 2.62. The highest BCUT2D eigenvalue weighted by molar-refractivity contribution is 5.95. The molecule has 164 valence electrons. The number of aliphatic hydroxyl groups is 1. The Balaban J connectivity index is 2.14. The lowest BCUT2D eigenvalue weighted by Crippen LogP contribution is -2.60. The molecule has 0 amide bonds. The predicted octanol–water partition coefficient (Wildman–Crippen LogP) is 0.631. The highest BCUT2D eigenvalue weighted by Crippen LogP contribution is 2.45. The number of esters is 3. The van der Waals surface area contributed by atoms with E-state index in [1.807, 2.05) is 6.92 Å². The molecule has 9 nitrogen and oxygen atoms in total. The fraction of sp³-hybridized carbons (Fsp3) is 0.619. The van der Waals surface area contributed by atoms with Crippen LogP contribution in [0.15, 0.2) is 24.3 Å². The van der Waals surface area contributed by atoms with Crippen molar-refractivity contribution in [2.45, 2.75) is 70.2 Å². The molecule has 1 N–H and O–H groups in total. The minimum atomic E-state index is -2.27. The molecule has 8 atom stereocenters. The van der Waals surface area contributed by atoms with E-state index in [9.17, 15) is 24.3 Å². The molecular formula is C21H26O9. The van der Waals surface area contributed by atoms with Gasteiger partial charge in [0.1, 0.15) is 12.2 Å². The van der Waals surface area contributed by atoms with Crippen molar-refractivity contribution in [2.75, 3.05) is 0 Å². The zero-order valence-corrected chi connectivity index (χ0v) is 17.4. The van der Waals surface area contributed by atoms with Crippen molar-refractivity contribution in [1.82, 2.24) is 0 Å². The zero-order valence-electron chi connectivity index (χ0n) is 17.4. The molecule has 2 saturated heterocycles. The van der Waals surface area contributed by atoms with Crippen LogP contribution in [-0.4, -0.2) is 64.9 Å². The second kappa shape index (κ2) is 7.63. The van der Waals surface area contributed by atoms with Gasteiger partial charge in [-0.05, 0) is 26.2 Å². The summed E-state index contributed by atoms with van der Waals surface area (Å²) in [6.45, 7) is 12.8. The molecule has 9 heteroatoms. The molecular weight excluding hydrogens is 396 g/mol. The van der Waals surface area contributed by atoms with Crippen LogP contribution in [0, 0.1) is 11.8 Å². The Morgan fingerprint density at radius 2 is 1.87 bits per heavy atom. The van der Waals surface area contributed by atoms with E-state index in [0.29, 0.717) is 6.42 Å². The summed E-state index contributed by atoms with van der Waals surface area (Å²) in [5.41, 5.74) is -2.22. The van der Waals surface area contributed by atoms with Crippen LogP contribution in [0.25, 0.3) is 0 Å². The van der Waals surface area contributed by atoms with Crippen LogP contribution in [-0.2, 0) is 38.1 Å². The summed E-state index contributed by atoms with van der Waals surface area (Å²) in [6, 6.07) is 0. The van der Waals surface area contributed by atoms with Crippen molar-refractivity contribution in [3.63, 3.8) is 0 Å². The highest BCUT2D eigenvalue weighted by atomic mass is 16.6. The van der Waals surface area contributed by atoms with Crippen molar-refractivity contribution in [2.24, 2.45) is 11.8 Å². The van der Waals surface area contributed by atoms with Gasteiger partial charge in [-0.3, -0.25) is 9.59 Å². The zero-order chi connectivity index (χ0) is 22.5. The molecule has 3 aliphatic rings. The van der Waals surface area contributed by atoms with Crippen molar-refractivity contribution in [3.8, 4) is 0 Å². The summed E-state index contributed by atoms with van der Waals surface area (Å²) >= 11 is 0. The van der Waals surface area contributed by atoms with Gasteiger partial charge in [-0.2, -0.15) is 0 Å². The number of epoxide rings is 1. The maximum Gasteiger partial charge on any atom is 0.334 e. The number of ether oxygens (including phenoxy) is 4. The average Bonchev–Trinajstić information content (AvgIpc) is 3.39. The second-order valence-corrected chi connectivity index (χ2v) is 8.42. The standard InChI is InChI=1S/C21H26O9/c1-8(2)19(24)30-15-13-10(4)20(25)28-12(13)7-9(3)14-16(29-14)17(23)21(6,26)18(15)27-11(5)22/h9,12-16,18,26H,1,4,7H2,2-3,5-6H3/t9-,12-,13+,14+,15+,16+,18-,21-/m1/s1. The van der Waals surface area contributed by atoms with Crippen LogP contribution in [0.2, 0.25) is 0 Å². The maximum absolute atomic E-state index is 13.0. The topological polar surface area (TPSA) is 129 Å². The molecule has 0 aromatic heterocycles. The van der Waals surface area contributed by atoms with E-state index in [2.05, 4.69) is 13.2 Å². The predicted molar refractivity (Wildman–Crippen MR) is 101 cm³/mol. The lowest BCUT2D eigenvalue weighted by Gasteiger charge is -2.39. The number of carbonyl (C=O) groups is 4. The van der Waals surface area contributed by atoms with Gasteiger partial charge in [-0.1, -0.05) is 20.1 Å². The largest absolute Gasteiger partial charge is 0.458 e. The van der Waals surface area contributed by atoms with Gasteiger partial charge in [-0.15, -0.1) is 0 Å². The van der Waals surface area contributed by atoms with E-state index < -0.39 is 65.7 Å². The Labute approximate surface area is 174 Å². The van der Waals surface area contributed by atoms with Crippen LogP contribution in [0.4, 0.5) is 0 Å². The van der Waals surface area contributed by atoms with Crippen LogP contribution >= 0.6 is 0 Å². The second-order valence-electron chi connectivity index (χ2n) is 8.42. The van der Waals surface area contributed by atoms with Gasteiger partial charge in [-0.25, -0.2) is 9.59 Å². The Morgan fingerprint density at radius 3 is 2.43 bits per heavy atom. The summed E-state index contributed by atoms with van der Waals surface area (Å²) in [5.74, 6) is -4.16. The first kappa shape index (κ1) is 22.2. The van der Waals surface area contributed by atoms with Crippen molar-refractivity contribution < 1.29 is 43.2 Å². The Hall–Kier alpha value is -2.52. The molecule has 1 aliphatic carbocycles. The quantitative estimate of drug-likeness (QED) is 0.301. The molecule has 0 radical (unpaired) electrons. The number of Topliss-reactive ketones (excluding diaryl/α,β-unsaturated/α-hetero) is 1. The number of hydrogen-bond acceptors (Lipinski definition) is 9. The third-order valence-corrected chi connectivity index (χ3v) is 5.86. The number of fused-ring (bicyclic) bond motifs is 2. The van der Waals surface area contributed by atoms with Gasteiger partial charge in [0.05, 0.1) is 12.0 Å². The maximum atomic E-state index is 13.0. The molecule has 30 heavy (non-hydrogen) atoms. The molecule has 2 aliphatic heterocycles. The van der Waals surface area contributed by atoms with Crippen molar-refractivity contribution in [3.05, 3.63) is 24.3 Å². The monoisotopic (exact) mass is 422 g/mol. The first-order valence-electron chi connectivity index (χ1n) is 9.71. The molecule has 3 fully saturated rings. The fourth-order valence-electron chi connectivity index (χ4n) is 4.18. The molecule has 0 aromatic carbocycles. The summed E-state index contributed by atoms with van der Waals surface area (Å²) in [4.78, 5) is 49.6. The molecule has 3 rings (SSSR count). The third-order valence-electron chi connectivity index (χ3n) is 5.86. The van der Waals surface area contributed by atoms with Crippen molar-refractivity contribution >= 4 is 23.7 Å². The molecule has 0 spiro atoms. The Kier molecular flexibility index (Phi) is 5.64. The number of hydrogen-bond donors (Lipinski definition) is 1. The fourth-order valence-corrected chi connectivity index (χ4v) is 4.18. The molecule has 0 aromatic rings. The molecule has 1 saturated carbocycles. The molecule has 0 bridgehead atoms. The lowest BCUT2D eigenvalue weighted by atomic mass is 9.75.